The lowest BCUT2D eigenvalue weighted by atomic mass is 9.97. The molecule has 0 atom stereocenters. The van der Waals surface area contributed by atoms with Crippen LogP contribution in [0.1, 0.15) is 38.5 Å². The van der Waals surface area contributed by atoms with Crippen LogP contribution < -0.4 is 4.74 Å². The van der Waals surface area contributed by atoms with Crippen LogP contribution in [0.3, 0.4) is 0 Å². The van der Waals surface area contributed by atoms with Gasteiger partial charge in [-0.1, -0.05) is 24.6 Å². The second-order valence-electron chi connectivity index (χ2n) is 7.07. The van der Waals surface area contributed by atoms with Crippen LogP contribution in [-0.4, -0.2) is 54.4 Å². The fourth-order valence-corrected chi connectivity index (χ4v) is 3.55. The number of amides is 2. The number of benzene rings is 1. The fraction of sp³-hybridized carbons (Fsp3) is 0.600. The number of piperidine rings is 1. The normalized spacial score (nSPS) is 19.6. The molecule has 0 radical (unpaired) electrons. The molecule has 0 aromatic heterocycles. The molecule has 3 rings (SSSR count). The van der Waals surface area contributed by atoms with Gasteiger partial charge in [-0.15, -0.1) is 0 Å². The third-order valence-electron chi connectivity index (χ3n) is 5.19. The molecule has 0 spiro atoms. The van der Waals surface area contributed by atoms with Gasteiger partial charge in [-0.25, -0.2) is 0 Å². The Labute approximate surface area is 149 Å². The molecule has 136 valence electrons. The summed E-state index contributed by atoms with van der Waals surface area (Å²) in [6.45, 7) is 3.22. The number of likely N-dealkylation sites (tertiary alicyclic amines) is 2. The van der Waals surface area contributed by atoms with E-state index in [1.165, 1.54) is 0 Å². The van der Waals surface area contributed by atoms with Gasteiger partial charge < -0.3 is 14.5 Å². The van der Waals surface area contributed by atoms with Gasteiger partial charge >= 0.3 is 0 Å². The second-order valence-corrected chi connectivity index (χ2v) is 7.07. The van der Waals surface area contributed by atoms with Gasteiger partial charge in [-0.2, -0.15) is 0 Å². The van der Waals surface area contributed by atoms with E-state index in [4.69, 9.17) is 4.74 Å². The van der Waals surface area contributed by atoms with E-state index in [1.807, 2.05) is 35.2 Å². The maximum atomic E-state index is 12.5. The van der Waals surface area contributed by atoms with E-state index in [2.05, 4.69) is 0 Å². The van der Waals surface area contributed by atoms with Crippen LogP contribution in [0.2, 0.25) is 0 Å². The summed E-state index contributed by atoms with van der Waals surface area (Å²) in [7, 11) is 0. The van der Waals surface area contributed by atoms with E-state index >= 15 is 0 Å². The lowest BCUT2D eigenvalue weighted by Crippen LogP contribution is -2.46. The highest BCUT2D eigenvalue weighted by Gasteiger charge is 2.26. The summed E-state index contributed by atoms with van der Waals surface area (Å²) < 4.78 is 5.83. The quantitative estimate of drug-likeness (QED) is 0.825. The first-order valence-electron chi connectivity index (χ1n) is 9.46. The van der Waals surface area contributed by atoms with Crippen LogP contribution in [-0.2, 0) is 9.59 Å². The van der Waals surface area contributed by atoms with Crippen LogP contribution in [0.15, 0.2) is 30.3 Å². The zero-order valence-electron chi connectivity index (χ0n) is 14.9. The minimum Gasteiger partial charge on any atom is -0.493 e. The van der Waals surface area contributed by atoms with E-state index in [0.29, 0.717) is 18.9 Å². The van der Waals surface area contributed by atoms with Gasteiger partial charge in [-0.3, -0.25) is 9.59 Å². The summed E-state index contributed by atoms with van der Waals surface area (Å²) in [5.41, 5.74) is 0. The molecular formula is C20H28N2O3. The first-order chi connectivity index (χ1) is 12.2. The van der Waals surface area contributed by atoms with Crippen LogP contribution in [0.25, 0.3) is 0 Å². The molecule has 2 saturated heterocycles. The molecule has 2 aliphatic heterocycles. The Hall–Kier alpha value is -2.04. The number of carbonyl (C=O) groups excluding carboxylic acids is 2. The molecule has 0 saturated carbocycles. The first-order valence-corrected chi connectivity index (χ1v) is 9.46. The summed E-state index contributed by atoms with van der Waals surface area (Å²) in [6.07, 6.45) is 5.57. The third kappa shape index (κ3) is 5.21. The predicted octanol–water partition coefficient (Wildman–Crippen LogP) is 2.71. The Morgan fingerprint density at radius 2 is 1.80 bits per heavy atom. The van der Waals surface area contributed by atoms with E-state index in [0.717, 1.165) is 57.5 Å². The molecular weight excluding hydrogens is 316 g/mol. The number of hydrogen-bond acceptors (Lipinski definition) is 3. The minimum absolute atomic E-state index is 0.0951. The number of hydrogen-bond donors (Lipinski definition) is 0. The Bertz CT molecular complexity index is 568. The Kier molecular flexibility index (Phi) is 6.31. The molecule has 5 nitrogen and oxygen atoms in total. The molecule has 0 bridgehead atoms. The second kappa shape index (κ2) is 8.88. The summed E-state index contributed by atoms with van der Waals surface area (Å²) in [4.78, 5) is 28.2. The molecule has 2 aliphatic rings. The monoisotopic (exact) mass is 344 g/mol. The molecule has 25 heavy (non-hydrogen) atoms. The number of ether oxygens (including phenoxy) is 1. The average molecular weight is 344 g/mol. The average Bonchev–Trinajstić information content (AvgIpc) is 2.86. The van der Waals surface area contributed by atoms with Gasteiger partial charge in [0.1, 0.15) is 5.75 Å². The highest BCUT2D eigenvalue weighted by atomic mass is 16.5. The van der Waals surface area contributed by atoms with Gasteiger partial charge in [0.2, 0.25) is 11.8 Å². The highest BCUT2D eigenvalue weighted by molar-refractivity contribution is 5.85. The van der Waals surface area contributed by atoms with Crippen molar-refractivity contribution in [2.24, 2.45) is 5.92 Å². The molecule has 0 N–H and O–H groups in total. The SMILES string of the molecule is O=C(CN1CCCCCC1=O)N1CCC(COc2ccccc2)CC1. The highest BCUT2D eigenvalue weighted by Crippen LogP contribution is 2.20. The van der Waals surface area contributed by atoms with Crippen molar-refractivity contribution in [3.63, 3.8) is 0 Å². The lowest BCUT2D eigenvalue weighted by molar-refractivity contribution is -0.141. The van der Waals surface area contributed by atoms with Gasteiger partial charge in [0, 0.05) is 26.1 Å². The van der Waals surface area contributed by atoms with E-state index in [-0.39, 0.29) is 18.4 Å². The van der Waals surface area contributed by atoms with Crippen molar-refractivity contribution < 1.29 is 14.3 Å². The molecule has 1 aromatic rings. The first kappa shape index (κ1) is 17.8. The minimum atomic E-state index is 0.0951. The van der Waals surface area contributed by atoms with Crippen molar-refractivity contribution in [1.82, 2.24) is 9.80 Å². The van der Waals surface area contributed by atoms with Crippen molar-refractivity contribution in [1.29, 1.82) is 0 Å². The Morgan fingerprint density at radius 3 is 2.56 bits per heavy atom. The molecule has 2 fully saturated rings. The number of para-hydroxylation sites is 1. The van der Waals surface area contributed by atoms with E-state index in [1.54, 1.807) is 4.90 Å². The Balaban J connectivity index is 1.40. The van der Waals surface area contributed by atoms with Crippen LogP contribution in [0, 0.1) is 5.92 Å². The molecule has 0 unspecified atom stereocenters. The third-order valence-corrected chi connectivity index (χ3v) is 5.19. The largest absolute Gasteiger partial charge is 0.493 e. The molecule has 1 aromatic carbocycles. The van der Waals surface area contributed by atoms with E-state index < -0.39 is 0 Å². The zero-order valence-corrected chi connectivity index (χ0v) is 14.9. The van der Waals surface area contributed by atoms with Crippen LogP contribution in [0.4, 0.5) is 0 Å². The van der Waals surface area contributed by atoms with Crippen LogP contribution in [0.5, 0.6) is 5.75 Å². The van der Waals surface area contributed by atoms with Crippen LogP contribution >= 0.6 is 0 Å². The molecule has 2 amide bonds. The van der Waals surface area contributed by atoms with Crippen molar-refractivity contribution in [2.45, 2.75) is 38.5 Å². The van der Waals surface area contributed by atoms with Gasteiger partial charge in [0.25, 0.3) is 0 Å². The molecule has 2 heterocycles. The number of rotatable bonds is 5. The number of carbonyl (C=O) groups is 2. The van der Waals surface area contributed by atoms with Crippen molar-refractivity contribution in [3.05, 3.63) is 30.3 Å². The summed E-state index contributed by atoms with van der Waals surface area (Å²) in [6, 6.07) is 9.86. The van der Waals surface area contributed by atoms with E-state index in [9.17, 15) is 9.59 Å². The molecule has 0 aliphatic carbocycles. The standard InChI is InChI=1S/C20H28N2O3/c23-19-9-5-2-6-12-22(19)15-20(24)21-13-10-17(11-14-21)16-25-18-7-3-1-4-8-18/h1,3-4,7-8,17H,2,5-6,9-16H2. The van der Waals surface area contributed by atoms with Gasteiger partial charge in [0.05, 0.1) is 13.2 Å². The summed E-state index contributed by atoms with van der Waals surface area (Å²) in [5.74, 6) is 1.62. The van der Waals surface area contributed by atoms with Gasteiger partial charge in [0.15, 0.2) is 0 Å². The smallest absolute Gasteiger partial charge is 0.242 e. The molecule has 5 heteroatoms. The van der Waals surface area contributed by atoms with Crippen molar-refractivity contribution in [3.8, 4) is 5.75 Å². The van der Waals surface area contributed by atoms with Crippen molar-refractivity contribution in [2.75, 3.05) is 32.8 Å². The summed E-state index contributed by atoms with van der Waals surface area (Å²) in [5, 5.41) is 0. The fourth-order valence-electron chi connectivity index (χ4n) is 3.55. The topological polar surface area (TPSA) is 49.9 Å². The predicted molar refractivity (Wildman–Crippen MR) is 96.3 cm³/mol. The summed E-state index contributed by atoms with van der Waals surface area (Å²) >= 11 is 0. The Morgan fingerprint density at radius 1 is 1.04 bits per heavy atom. The zero-order chi connectivity index (χ0) is 17.5. The maximum absolute atomic E-state index is 12.5. The lowest BCUT2D eigenvalue weighted by Gasteiger charge is -2.33. The van der Waals surface area contributed by atoms with Crippen molar-refractivity contribution >= 4 is 11.8 Å². The van der Waals surface area contributed by atoms with Gasteiger partial charge in [-0.05, 0) is 43.7 Å². The maximum Gasteiger partial charge on any atom is 0.242 e. The number of nitrogens with zero attached hydrogens (tertiary/aromatic N) is 2.